The minimum Gasteiger partial charge on any atom is -0.394 e. The minimum atomic E-state index is -0.450. The molecule has 2 aromatic heterocycles. The molecule has 2 aliphatic carbocycles. The number of nitro groups is 1. The van der Waals surface area contributed by atoms with Crippen LogP contribution >= 0.6 is 0 Å². The van der Waals surface area contributed by atoms with Crippen LogP contribution in [0.15, 0.2) is 12.4 Å². The lowest BCUT2D eigenvalue weighted by Gasteiger charge is -2.34. The number of nitrogens with two attached hydrogens (primary N) is 1. The molecule has 2 amide bonds. The number of nitrogens with zero attached hydrogens (tertiary/aromatic N) is 7. The minimum absolute atomic E-state index is 0.0601. The molecule has 18 nitrogen and oxygen atoms in total. The van der Waals surface area contributed by atoms with E-state index < -0.39 is 4.92 Å². The monoisotopic (exact) mass is 863 g/mol. The van der Waals surface area contributed by atoms with Crippen LogP contribution in [-0.4, -0.2) is 122 Å². The SMILES string of the molecule is C[C@H]1C[C@@H](Nc2ncc(N)c(NC3CCC(C(=O)N4CCCCC4)CC3)n2)CCO1.C[C@H]1C[C@@H](Nc2ncc([N+](=O)[O-])c(NC3CCC(C(=O)N4CCCCC4)CC3)n2)CCO1. The number of rotatable bonds is 11. The van der Waals surface area contributed by atoms with E-state index in [1.54, 1.807) is 6.20 Å². The second-order valence-corrected chi connectivity index (χ2v) is 18.4. The molecule has 6 heterocycles. The topological polar surface area (TPSA) is 228 Å². The largest absolute Gasteiger partial charge is 0.394 e. The van der Waals surface area contributed by atoms with E-state index in [-0.39, 0.29) is 53.5 Å². The summed E-state index contributed by atoms with van der Waals surface area (Å²) in [5.74, 6) is 2.85. The number of amides is 2. The maximum Gasteiger partial charge on any atom is 0.329 e. The summed E-state index contributed by atoms with van der Waals surface area (Å²) in [7, 11) is 0. The summed E-state index contributed by atoms with van der Waals surface area (Å²) >= 11 is 0. The van der Waals surface area contributed by atoms with E-state index in [0.717, 1.165) is 136 Å². The van der Waals surface area contributed by atoms with Crippen molar-refractivity contribution in [3.05, 3.63) is 22.5 Å². The van der Waals surface area contributed by atoms with Gasteiger partial charge in [0.15, 0.2) is 5.82 Å². The second-order valence-electron chi connectivity index (χ2n) is 18.4. The fraction of sp³-hybridized carbons (Fsp3) is 0.773. The summed E-state index contributed by atoms with van der Waals surface area (Å²) in [6, 6.07) is 0.860. The van der Waals surface area contributed by atoms with Gasteiger partial charge in [0.1, 0.15) is 6.20 Å². The first-order chi connectivity index (χ1) is 30.1. The van der Waals surface area contributed by atoms with E-state index in [4.69, 9.17) is 15.2 Å². The quantitative estimate of drug-likeness (QED) is 0.122. The highest BCUT2D eigenvalue weighted by Crippen LogP contribution is 2.33. The van der Waals surface area contributed by atoms with Crippen molar-refractivity contribution in [3.8, 4) is 0 Å². The lowest BCUT2D eigenvalue weighted by Crippen LogP contribution is -2.41. The van der Waals surface area contributed by atoms with Crippen LogP contribution in [-0.2, 0) is 19.1 Å². The van der Waals surface area contributed by atoms with Crippen LogP contribution in [0.2, 0.25) is 0 Å². The zero-order valence-electron chi connectivity index (χ0n) is 36.9. The number of hydrogen-bond acceptors (Lipinski definition) is 15. The molecule has 6 N–H and O–H groups in total. The molecule has 0 bridgehead atoms. The molecule has 0 aromatic carbocycles. The Morgan fingerprint density at radius 3 is 1.52 bits per heavy atom. The van der Waals surface area contributed by atoms with Crippen LogP contribution in [0.1, 0.15) is 129 Å². The Labute approximate surface area is 366 Å². The summed E-state index contributed by atoms with van der Waals surface area (Å²) < 4.78 is 11.2. The van der Waals surface area contributed by atoms with E-state index in [2.05, 4.69) is 53.0 Å². The van der Waals surface area contributed by atoms with Crippen molar-refractivity contribution in [1.29, 1.82) is 0 Å². The number of carbonyl (C=O) groups excluding carboxylic acids is 2. The van der Waals surface area contributed by atoms with Gasteiger partial charge in [0.2, 0.25) is 29.5 Å². The van der Waals surface area contributed by atoms with Gasteiger partial charge in [-0.3, -0.25) is 19.7 Å². The molecule has 4 atom stereocenters. The van der Waals surface area contributed by atoms with Gasteiger partial charge in [-0.2, -0.15) is 9.97 Å². The van der Waals surface area contributed by atoms with Gasteiger partial charge in [0.05, 0.1) is 29.0 Å². The first kappa shape index (κ1) is 45.4. The molecule has 18 heteroatoms. The van der Waals surface area contributed by atoms with Crippen LogP contribution < -0.4 is 27.0 Å². The molecular weight excluding hydrogens is 793 g/mol. The van der Waals surface area contributed by atoms with E-state index in [0.29, 0.717) is 48.0 Å². The van der Waals surface area contributed by atoms with Crippen LogP contribution in [0.25, 0.3) is 0 Å². The number of anilines is 5. The fourth-order valence-corrected chi connectivity index (χ4v) is 9.99. The fourth-order valence-electron chi connectivity index (χ4n) is 9.99. The van der Waals surface area contributed by atoms with Crippen molar-refractivity contribution in [1.82, 2.24) is 29.7 Å². The molecule has 2 saturated carbocycles. The number of ether oxygens (including phenoxy) is 2. The molecular formula is C44H70N12O6. The highest BCUT2D eigenvalue weighted by Gasteiger charge is 2.33. The highest BCUT2D eigenvalue weighted by molar-refractivity contribution is 5.79. The lowest BCUT2D eigenvalue weighted by atomic mass is 9.84. The Bertz CT molecular complexity index is 1780. The van der Waals surface area contributed by atoms with Crippen molar-refractivity contribution < 1.29 is 24.0 Å². The Balaban J connectivity index is 0.000000187. The Morgan fingerprint density at radius 1 is 0.629 bits per heavy atom. The van der Waals surface area contributed by atoms with E-state index in [9.17, 15) is 19.7 Å². The zero-order chi connectivity index (χ0) is 43.4. The third-order valence-corrected chi connectivity index (χ3v) is 13.6. The molecule has 8 rings (SSSR count). The molecule has 4 aliphatic heterocycles. The third kappa shape index (κ3) is 12.8. The smallest absolute Gasteiger partial charge is 0.329 e. The standard InChI is InChI=1S/C22H34N6O4.C22H36N6O2/c1-15-13-18(9-12-32-15)25-22-23-14-19(28(30)31)20(26-22)24-17-7-5-16(6-8-17)21(29)27-10-3-2-4-11-27;1-15-13-18(9-12-30-15)26-22-24-14-19(23)20(27-22)25-17-7-5-16(6-8-17)21(29)28-10-3-2-4-11-28/h14-18H,2-13H2,1H3,(H2,23,24,25,26);14-18H,2-13,23H2,1H3,(H2,24,25,26,27)/t2*15-,16?,17?,18-/m00/s1. The molecule has 0 radical (unpaired) electrons. The van der Waals surface area contributed by atoms with Crippen molar-refractivity contribution in [3.63, 3.8) is 0 Å². The van der Waals surface area contributed by atoms with Gasteiger partial charge >= 0.3 is 5.69 Å². The average Bonchev–Trinajstić information content (AvgIpc) is 3.28. The average molecular weight is 863 g/mol. The Hall–Kier alpha value is -4.58. The van der Waals surface area contributed by atoms with Gasteiger partial charge in [0, 0.05) is 75.4 Å². The van der Waals surface area contributed by atoms with Crippen molar-refractivity contribution in [2.45, 2.75) is 166 Å². The van der Waals surface area contributed by atoms with E-state index >= 15 is 0 Å². The summed E-state index contributed by atoms with van der Waals surface area (Å²) in [6.07, 6.45) is 20.9. The van der Waals surface area contributed by atoms with Crippen LogP contribution in [0.5, 0.6) is 0 Å². The predicted molar refractivity (Wildman–Crippen MR) is 239 cm³/mol. The maximum absolute atomic E-state index is 12.8. The highest BCUT2D eigenvalue weighted by atomic mass is 16.6. The van der Waals surface area contributed by atoms with Gasteiger partial charge in [-0.1, -0.05) is 0 Å². The van der Waals surface area contributed by atoms with Gasteiger partial charge in [-0.15, -0.1) is 0 Å². The summed E-state index contributed by atoms with van der Waals surface area (Å²) in [6.45, 7) is 9.21. The normalized spacial score (nSPS) is 29.3. The zero-order valence-corrected chi connectivity index (χ0v) is 36.9. The van der Waals surface area contributed by atoms with E-state index in [1.165, 1.54) is 19.0 Å². The molecule has 6 aliphatic rings. The van der Waals surface area contributed by atoms with Crippen molar-refractivity contribution in [2.24, 2.45) is 11.8 Å². The van der Waals surface area contributed by atoms with Crippen LogP contribution in [0.3, 0.4) is 0 Å². The number of likely N-dealkylation sites (tertiary alicyclic amines) is 2. The van der Waals surface area contributed by atoms with Crippen LogP contribution in [0.4, 0.5) is 34.9 Å². The molecule has 0 unspecified atom stereocenters. The Morgan fingerprint density at radius 2 is 1.06 bits per heavy atom. The van der Waals surface area contributed by atoms with Gasteiger partial charge < -0.3 is 46.3 Å². The molecule has 342 valence electrons. The number of hydrogen-bond donors (Lipinski definition) is 5. The summed E-state index contributed by atoms with van der Waals surface area (Å²) in [4.78, 5) is 58.4. The lowest BCUT2D eigenvalue weighted by molar-refractivity contribution is -0.384. The summed E-state index contributed by atoms with van der Waals surface area (Å²) in [5, 5.41) is 25.0. The van der Waals surface area contributed by atoms with Crippen molar-refractivity contribution >= 4 is 46.7 Å². The number of carbonyl (C=O) groups is 2. The van der Waals surface area contributed by atoms with Crippen molar-refractivity contribution in [2.75, 3.05) is 66.4 Å². The molecule has 4 saturated heterocycles. The number of piperidine rings is 2. The third-order valence-electron chi connectivity index (χ3n) is 13.6. The second kappa shape index (κ2) is 22.2. The molecule has 6 fully saturated rings. The van der Waals surface area contributed by atoms with Crippen LogP contribution in [0, 0.1) is 22.0 Å². The number of nitrogens with one attached hydrogen (secondary N) is 4. The maximum atomic E-state index is 12.8. The van der Waals surface area contributed by atoms with Gasteiger partial charge in [-0.05, 0) is 129 Å². The van der Waals surface area contributed by atoms with Gasteiger partial charge in [-0.25, -0.2) is 9.97 Å². The first-order valence-corrected chi connectivity index (χ1v) is 23.6. The predicted octanol–water partition coefficient (Wildman–Crippen LogP) is 6.37. The van der Waals surface area contributed by atoms with E-state index in [1.807, 2.05) is 11.8 Å². The number of aromatic nitrogens is 4. The number of nitrogen functional groups attached to an aromatic ring is 1. The summed E-state index contributed by atoms with van der Waals surface area (Å²) in [5.41, 5.74) is 6.58. The first-order valence-electron chi connectivity index (χ1n) is 23.6. The molecule has 2 aromatic rings. The Kier molecular flexibility index (Phi) is 16.2. The molecule has 0 spiro atoms. The van der Waals surface area contributed by atoms with Gasteiger partial charge in [0.25, 0.3) is 0 Å². The molecule has 62 heavy (non-hydrogen) atoms.